The second-order valence-corrected chi connectivity index (χ2v) is 8.24. The first-order valence-electron chi connectivity index (χ1n) is 10.9. The number of hydrogen-bond acceptors (Lipinski definition) is 8. The summed E-state index contributed by atoms with van der Waals surface area (Å²) >= 11 is 0. The van der Waals surface area contributed by atoms with Crippen molar-refractivity contribution >= 4 is 11.6 Å². The first-order valence-corrected chi connectivity index (χ1v) is 10.9. The van der Waals surface area contributed by atoms with Gasteiger partial charge in [-0.05, 0) is 48.7 Å². The van der Waals surface area contributed by atoms with Gasteiger partial charge in [-0.2, -0.15) is 5.26 Å². The van der Waals surface area contributed by atoms with Crippen molar-refractivity contribution in [3.05, 3.63) is 58.7 Å². The van der Waals surface area contributed by atoms with E-state index in [-0.39, 0.29) is 0 Å². The molecular formula is C24H25N7O. The number of rotatable bonds is 3. The van der Waals surface area contributed by atoms with Crippen LogP contribution in [0.15, 0.2) is 30.6 Å². The molecule has 2 aliphatic rings. The molecule has 0 bridgehead atoms. The maximum atomic E-state index is 9.22. The number of hydrogen-bond donors (Lipinski definition) is 0. The Morgan fingerprint density at radius 2 is 1.75 bits per heavy atom. The summed E-state index contributed by atoms with van der Waals surface area (Å²) in [6.07, 6.45) is 4.72. The molecule has 0 radical (unpaired) electrons. The molecule has 0 atom stereocenters. The van der Waals surface area contributed by atoms with E-state index in [1.54, 1.807) is 0 Å². The number of fused-ring (bicyclic) bond motifs is 1. The number of nitriles is 1. The van der Waals surface area contributed by atoms with Crippen molar-refractivity contribution in [3.8, 4) is 17.2 Å². The van der Waals surface area contributed by atoms with Gasteiger partial charge in [0.15, 0.2) is 11.5 Å². The number of anilines is 2. The third-order valence-electron chi connectivity index (χ3n) is 6.36. The van der Waals surface area contributed by atoms with Crippen LogP contribution < -0.4 is 9.80 Å². The van der Waals surface area contributed by atoms with E-state index in [1.807, 2.05) is 26.2 Å². The highest BCUT2D eigenvalue weighted by Crippen LogP contribution is 2.29. The lowest BCUT2D eigenvalue weighted by Crippen LogP contribution is -2.36. The van der Waals surface area contributed by atoms with Crippen molar-refractivity contribution in [1.29, 1.82) is 5.26 Å². The molecule has 3 aromatic rings. The molecular weight excluding hydrogens is 402 g/mol. The fourth-order valence-corrected chi connectivity index (χ4v) is 4.30. The van der Waals surface area contributed by atoms with Crippen molar-refractivity contribution < 1.29 is 4.74 Å². The predicted octanol–water partition coefficient (Wildman–Crippen LogP) is 2.82. The van der Waals surface area contributed by atoms with Crippen LogP contribution in [0.4, 0.5) is 11.6 Å². The topological polar surface area (TPSA) is 91.1 Å². The average Bonchev–Trinajstić information content (AvgIpc) is 2.85. The first kappa shape index (κ1) is 20.3. The molecule has 0 N–H and O–H groups in total. The van der Waals surface area contributed by atoms with Crippen LogP contribution in [0.1, 0.15) is 28.1 Å². The molecule has 32 heavy (non-hydrogen) atoms. The van der Waals surface area contributed by atoms with Crippen LogP contribution in [0.25, 0.3) is 11.1 Å². The molecule has 0 saturated carbocycles. The van der Waals surface area contributed by atoms with E-state index in [2.05, 4.69) is 49.2 Å². The molecule has 0 unspecified atom stereocenters. The van der Waals surface area contributed by atoms with Crippen LogP contribution in [-0.4, -0.2) is 53.0 Å². The van der Waals surface area contributed by atoms with Crippen LogP contribution in [0.3, 0.4) is 0 Å². The Morgan fingerprint density at radius 1 is 0.938 bits per heavy atom. The van der Waals surface area contributed by atoms with E-state index >= 15 is 0 Å². The van der Waals surface area contributed by atoms with Crippen LogP contribution in [0, 0.1) is 25.2 Å². The minimum atomic E-state index is 0.389. The molecule has 1 fully saturated rings. The van der Waals surface area contributed by atoms with Crippen molar-refractivity contribution in [2.24, 2.45) is 0 Å². The fourth-order valence-electron chi connectivity index (χ4n) is 4.30. The quantitative estimate of drug-likeness (QED) is 0.630. The summed E-state index contributed by atoms with van der Waals surface area (Å²) in [7, 11) is 0. The van der Waals surface area contributed by atoms with Gasteiger partial charge >= 0.3 is 0 Å². The van der Waals surface area contributed by atoms with Gasteiger partial charge in [-0.1, -0.05) is 0 Å². The molecule has 0 amide bonds. The summed E-state index contributed by atoms with van der Waals surface area (Å²) in [5.74, 6) is 1.83. The predicted molar refractivity (Wildman–Crippen MR) is 121 cm³/mol. The van der Waals surface area contributed by atoms with E-state index in [1.165, 1.54) is 5.56 Å². The largest absolute Gasteiger partial charge is 0.378 e. The van der Waals surface area contributed by atoms with E-state index in [4.69, 9.17) is 9.72 Å². The lowest BCUT2D eigenvalue weighted by Gasteiger charge is -2.30. The maximum absolute atomic E-state index is 9.22. The number of aromatic nitrogens is 4. The number of nitrogens with zero attached hydrogens (tertiary/aromatic N) is 7. The van der Waals surface area contributed by atoms with Crippen molar-refractivity contribution in [2.45, 2.75) is 26.8 Å². The Labute approximate surface area is 187 Å². The Morgan fingerprint density at radius 3 is 2.50 bits per heavy atom. The zero-order valence-electron chi connectivity index (χ0n) is 18.4. The molecule has 5 heterocycles. The molecule has 0 aromatic carbocycles. The Hall–Kier alpha value is -3.57. The highest BCUT2D eigenvalue weighted by atomic mass is 16.5. The lowest BCUT2D eigenvalue weighted by atomic mass is 10.0. The number of morpholine rings is 1. The SMILES string of the molecule is Cc1c(C#N)nnc(N2CCc3ncc(-c4ccc(N5CCOCC5)nc4)cc3C2)c1C. The minimum absolute atomic E-state index is 0.389. The highest BCUT2D eigenvalue weighted by Gasteiger charge is 2.22. The molecule has 2 aliphatic heterocycles. The molecule has 162 valence electrons. The van der Waals surface area contributed by atoms with Gasteiger partial charge in [0.2, 0.25) is 0 Å². The van der Waals surface area contributed by atoms with Crippen molar-refractivity contribution in [1.82, 2.24) is 20.2 Å². The van der Waals surface area contributed by atoms with Gasteiger partial charge in [-0.15, -0.1) is 10.2 Å². The smallest absolute Gasteiger partial charge is 0.166 e. The normalized spacial score (nSPS) is 15.9. The van der Waals surface area contributed by atoms with Crippen molar-refractivity contribution in [2.75, 3.05) is 42.6 Å². The van der Waals surface area contributed by atoms with Crippen LogP contribution in [-0.2, 0) is 17.7 Å². The monoisotopic (exact) mass is 427 g/mol. The number of pyridine rings is 2. The zero-order valence-corrected chi connectivity index (χ0v) is 18.4. The second kappa shape index (κ2) is 8.52. The van der Waals surface area contributed by atoms with Crippen LogP contribution >= 0.6 is 0 Å². The van der Waals surface area contributed by atoms with Gasteiger partial charge in [0.25, 0.3) is 0 Å². The Bertz CT molecular complexity index is 1180. The molecule has 5 rings (SSSR count). The molecule has 8 nitrogen and oxygen atoms in total. The maximum Gasteiger partial charge on any atom is 0.166 e. The molecule has 0 spiro atoms. The van der Waals surface area contributed by atoms with E-state index in [9.17, 15) is 5.26 Å². The molecule has 3 aromatic heterocycles. The standard InChI is InChI=1S/C24H25N7O/c1-16-17(2)24(29-28-22(16)12-25)31-6-5-21-20(15-31)11-19(14-26-21)18-3-4-23(27-13-18)30-7-9-32-10-8-30/h3-4,11,13-14H,5-10,15H2,1-2H3. The van der Waals surface area contributed by atoms with Crippen LogP contribution in [0.5, 0.6) is 0 Å². The summed E-state index contributed by atoms with van der Waals surface area (Å²) in [5.41, 5.74) is 6.72. The fraction of sp³-hybridized carbons (Fsp3) is 0.375. The third kappa shape index (κ3) is 3.76. The van der Waals surface area contributed by atoms with Gasteiger partial charge in [0.05, 0.1) is 13.2 Å². The zero-order chi connectivity index (χ0) is 22.1. The lowest BCUT2D eigenvalue weighted by molar-refractivity contribution is 0.122. The molecule has 0 aliphatic carbocycles. The van der Waals surface area contributed by atoms with Gasteiger partial charge < -0.3 is 14.5 Å². The van der Waals surface area contributed by atoms with E-state index in [0.717, 1.165) is 85.4 Å². The van der Waals surface area contributed by atoms with Gasteiger partial charge in [-0.3, -0.25) is 4.98 Å². The Balaban J connectivity index is 1.38. The van der Waals surface area contributed by atoms with E-state index in [0.29, 0.717) is 5.69 Å². The molecule has 8 heteroatoms. The molecule has 1 saturated heterocycles. The van der Waals surface area contributed by atoms with Gasteiger partial charge in [0.1, 0.15) is 11.9 Å². The summed E-state index contributed by atoms with van der Waals surface area (Å²) in [5, 5.41) is 17.7. The average molecular weight is 428 g/mol. The van der Waals surface area contributed by atoms with E-state index < -0.39 is 0 Å². The van der Waals surface area contributed by atoms with Gasteiger partial charge in [-0.25, -0.2) is 4.98 Å². The second-order valence-electron chi connectivity index (χ2n) is 8.24. The van der Waals surface area contributed by atoms with Gasteiger partial charge in [0, 0.05) is 61.8 Å². The summed E-state index contributed by atoms with van der Waals surface area (Å²) < 4.78 is 5.43. The summed E-state index contributed by atoms with van der Waals surface area (Å²) in [4.78, 5) is 13.9. The first-order chi connectivity index (χ1) is 15.6. The van der Waals surface area contributed by atoms with Crippen molar-refractivity contribution in [3.63, 3.8) is 0 Å². The Kier molecular flexibility index (Phi) is 5.41. The number of ether oxygens (including phenoxy) is 1. The minimum Gasteiger partial charge on any atom is -0.378 e. The highest BCUT2D eigenvalue weighted by molar-refractivity contribution is 5.65. The van der Waals surface area contributed by atoms with Crippen LogP contribution in [0.2, 0.25) is 0 Å². The summed E-state index contributed by atoms with van der Waals surface area (Å²) in [6, 6.07) is 8.51. The summed E-state index contributed by atoms with van der Waals surface area (Å²) in [6.45, 7) is 8.73. The third-order valence-corrected chi connectivity index (χ3v) is 6.36.